The van der Waals surface area contributed by atoms with Crippen LogP contribution < -0.4 is 19.6 Å². The Morgan fingerprint density at radius 2 is 1.98 bits per heavy atom. The largest absolute Gasteiger partial charge is 0.496 e. The highest BCUT2D eigenvalue weighted by molar-refractivity contribution is 9.10. The van der Waals surface area contributed by atoms with E-state index in [0.29, 0.717) is 65.5 Å². The minimum absolute atomic E-state index is 0.187. The van der Waals surface area contributed by atoms with E-state index in [9.17, 15) is 9.59 Å². The number of furan rings is 1. The normalized spacial score (nSPS) is 15.1. The fourth-order valence-electron chi connectivity index (χ4n) is 4.73. The molecule has 2 aromatic heterocycles. The second kappa shape index (κ2) is 12.4. The van der Waals surface area contributed by atoms with Crippen molar-refractivity contribution in [1.29, 1.82) is 0 Å². The Kier molecular flexibility index (Phi) is 8.89. The van der Waals surface area contributed by atoms with Crippen LogP contribution in [-0.4, -0.2) is 24.3 Å². The van der Waals surface area contributed by atoms with Gasteiger partial charge >= 0.3 is 5.97 Å². The molecule has 1 atom stereocenters. The molecule has 0 bridgehead atoms. The molecular formula is C30H25BrCl2N2O5S. The van der Waals surface area contributed by atoms with Crippen LogP contribution in [0.5, 0.6) is 5.75 Å². The number of methoxy groups -OCH3 is 1. The van der Waals surface area contributed by atoms with Crippen molar-refractivity contribution in [3.63, 3.8) is 0 Å². The third kappa shape index (κ3) is 5.81. The lowest BCUT2D eigenvalue weighted by Crippen LogP contribution is -2.40. The quantitative estimate of drug-likeness (QED) is 0.190. The predicted molar refractivity (Wildman–Crippen MR) is 164 cm³/mol. The molecule has 0 saturated carbocycles. The molecule has 3 heterocycles. The van der Waals surface area contributed by atoms with E-state index in [-0.39, 0.29) is 12.2 Å². The lowest BCUT2D eigenvalue weighted by molar-refractivity contribution is -0.139. The molecule has 0 radical (unpaired) electrons. The maximum atomic E-state index is 14.0. The third-order valence-corrected chi connectivity index (χ3v) is 8.50. The lowest BCUT2D eigenvalue weighted by atomic mass is 9.93. The van der Waals surface area contributed by atoms with Gasteiger partial charge in [-0.3, -0.25) is 9.36 Å². The van der Waals surface area contributed by atoms with Crippen LogP contribution in [0.25, 0.3) is 17.4 Å². The highest BCUT2D eigenvalue weighted by Gasteiger charge is 2.36. The van der Waals surface area contributed by atoms with Gasteiger partial charge in [-0.25, -0.2) is 9.79 Å². The predicted octanol–water partition coefficient (Wildman–Crippen LogP) is 6.92. The van der Waals surface area contributed by atoms with E-state index in [1.54, 1.807) is 56.5 Å². The molecule has 1 aliphatic heterocycles. The first-order chi connectivity index (χ1) is 19.7. The molecule has 11 heteroatoms. The Hall–Kier alpha value is -3.11. The first-order valence-electron chi connectivity index (χ1n) is 12.9. The molecule has 0 amide bonds. The van der Waals surface area contributed by atoms with Crippen molar-refractivity contribution >= 4 is 62.5 Å². The lowest BCUT2D eigenvalue weighted by Gasteiger charge is -2.27. The fourth-order valence-corrected chi connectivity index (χ4v) is 6.61. The van der Waals surface area contributed by atoms with Gasteiger partial charge in [-0.05, 0) is 61.9 Å². The Bertz CT molecular complexity index is 1860. The number of hydrogen-bond donors (Lipinski definition) is 0. The van der Waals surface area contributed by atoms with Crippen molar-refractivity contribution in [3.05, 3.63) is 105 Å². The zero-order valence-corrected chi connectivity index (χ0v) is 26.3. The molecular weight excluding hydrogens is 651 g/mol. The van der Waals surface area contributed by atoms with Crippen LogP contribution in [0.4, 0.5) is 0 Å². The van der Waals surface area contributed by atoms with Gasteiger partial charge in [0.05, 0.1) is 34.5 Å². The number of nitrogens with zero attached hydrogens (tertiary/aromatic N) is 2. The minimum Gasteiger partial charge on any atom is -0.496 e. The van der Waals surface area contributed by atoms with Crippen molar-refractivity contribution in [2.24, 2.45) is 4.99 Å². The number of allylic oxidation sites excluding steroid dienone is 1. The number of carbonyl (C=O) groups excluding carboxylic acids is 1. The number of carbonyl (C=O) groups is 1. The first kappa shape index (κ1) is 29.4. The van der Waals surface area contributed by atoms with E-state index in [1.807, 2.05) is 19.1 Å². The minimum atomic E-state index is -0.804. The Balaban J connectivity index is 1.71. The van der Waals surface area contributed by atoms with Gasteiger partial charge in [-0.2, -0.15) is 0 Å². The van der Waals surface area contributed by atoms with Gasteiger partial charge < -0.3 is 13.9 Å². The Morgan fingerprint density at radius 3 is 2.68 bits per heavy atom. The summed E-state index contributed by atoms with van der Waals surface area (Å²) >= 11 is 17.2. The molecule has 41 heavy (non-hydrogen) atoms. The number of fused-ring (bicyclic) bond motifs is 1. The number of ether oxygens (including phenoxy) is 2. The van der Waals surface area contributed by atoms with Gasteiger partial charge in [0.25, 0.3) is 5.56 Å². The number of rotatable bonds is 8. The molecule has 0 unspecified atom stereocenters. The van der Waals surface area contributed by atoms with Crippen LogP contribution in [-0.2, 0) is 9.53 Å². The summed E-state index contributed by atoms with van der Waals surface area (Å²) in [6.07, 6.45) is 2.95. The molecule has 2 aromatic carbocycles. The highest BCUT2D eigenvalue weighted by atomic mass is 79.9. The number of hydrogen-bond acceptors (Lipinski definition) is 7. The average molecular weight is 676 g/mol. The molecule has 0 N–H and O–H groups in total. The van der Waals surface area contributed by atoms with Crippen LogP contribution in [0.15, 0.2) is 78.5 Å². The van der Waals surface area contributed by atoms with Crippen LogP contribution in [0.2, 0.25) is 10.0 Å². The maximum absolute atomic E-state index is 14.0. The van der Waals surface area contributed by atoms with Crippen molar-refractivity contribution < 1.29 is 18.7 Å². The fraction of sp³-hybridized carbons (Fsp3) is 0.233. The van der Waals surface area contributed by atoms with Crippen molar-refractivity contribution in [2.45, 2.75) is 32.7 Å². The number of aromatic nitrogens is 1. The molecule has 1 aliphatic rings. The number of esters is 1. The average Bonchev–Trinajstić information content (AvgIpc) is 3.52. The van der Waals surface area contributed by atoms with Crippen molar-refractivity contribution in [2.75, 3.05) is 13.7 Å². The van der Waals surface area contributed by atoms with Crippen LogP contribution >= 0.6 is 50.5 Å². The zero-order chi connectivity index (χ0) is 29.3. The second-order valence-corrected chi connectivity index (χ2v) is 11.9. The highest BCUT2D eigenvalue weighted by Crippen LogP contribution is 2.38. The monoisotopic (exact) mass is 674 g/mol. The van der Waals surface area contributed by atoms with E-state index < -0.39 is 12.0 Å². The maximum Gasteiger partial charge on any atom is 0.338 e. The van der Waals surface area contributed by atoms with Crippen LogP contribution in [0.1, 0.15) is 44.1 Å². The summed E-state index contributed by atoms with van der Waals surface area (Å²) in [5, 5.41) is 0.976. The van der Waals surface area contributed by atoms with Crippen molar-refractivity contribution in [1.82, 2.24) is 4.57 Å². The van der Waals surface area contributed by atoms with E-state index in [1.165, 1.54) is 15.9 Å². The summed E-state index contributed by atoms with van der Waals surface area (Å²) in [6, 6.07) is 13.4. The summed E-state index contributed by atoms with van der Waals surface area (Å²) < 4.78 is 19.9. The van der Waals surface area contributed by atoms with Gasteiger partial charge in [-0.1, -0.05) is 63.8 Å². The summed E-state index contributed by atoms with van der Waals surface area (Å²) in [5.74, 6) is 1.02. The van der Waals surface area contributed by atoms with Crippen LogP contribution in [0, 0.1) is 0 Å². The molecule has 0 aliphatic carbocycles. The second-order valence-electron chi connectivity index (χ2n) is 9.13. The molecule has 7 nitrogen and oxygen atoms in total. The summed E-state index contributed by atoms with van der Waals surface area (Å²) in [5.41, 5.74) is 1.91. The number of thiazole rings is 1. The summed E-state index contributed by atoms with van der Waals surface area (Å²) in [6.45, 7) is 3.94. The van der Waals surface area contributed by atoms with E-state index in [4.69, 9.17) is 42.1 Å². The SMILES string of the molecule is CCCC1=C(C(=O)OCC)[C@H](c2cc(Br)ccc2OC)n2c(s/c(=C/c3ccc(-c4ccc(Cl)cc4Cl)o3)c2=O)=N1. The standard InChI is InChI=1S/C30H25BrCl2N2O5S/c1-4-6-22-26(29(37)39-5-2)27(20-13-16(31)7-11-23(20)38-3)35-28(36)25(41-30(35)34-22)15-18-9-12-24(40-18)19-10-8-17(32)14-21(19)33/h7-15,27H,4-6H2,1-3H3/b25-15+/t27-/m0/s1. The first-order valence-corrected chi connectivity index (χ1v) is 15.2. The molecule has 0 fully saturated rings. The topological polar surface area (TPSA) is 83.0 Å². The van der Waals surface area contributed by atoms with Gasteiger partial charge in [0.15, 0.2) is 4.80 Å². The molecule has 0 saturated heterocycles. The zero-order valence-electron chi connectivity index (χ0n) is 22.4. The number of halogens is 3. The molecule has 4 aromatic rings. The van der Waals surface area contributed by atoms with E-state index >= 15 is 0 Å². The molecule has 0 spiro atoms. The Labute approximate surface area is 258 Å². The Morgan fingerprint density at radius 1 is 1.17 bits per heavy atom. The summed E-state index contributed by atoms with van der Waals surface area (Å²) in [4.78, 5) is 32.7. The van der Waals surface area contributed by atoms with Gasteiger partial charge in [0.2, 0.25) is 0 Å². The number of benzene rings is 2. The molecule has 5 rings (SSSR count). The van der Waals surface area contributed by atoms with Gasteiger partial charge in [-0.15, -0.1) is 0 Å². The third-order valence-electron chi connectivity index (χ3n) is 6.48. The molecule has 212 valence electrons. The van der Waals surface area contributed by atoms with Crippen molar-refractivity contribution in [3.8, 4) is 17.1 Å². The summed E-state index contributed by atoms with van der Waals surface area (Å²) in [7, 11) is 1.55. The smallest absolute Gasteiger partial charge is 0.338 e. The van der Waals surface area contributed by atoms with Gasteiger partial charge in [0.1, 0.15) is 23.3 Å². The van der Waals surface area contributed by atoms with E-state index in [0.717, 1.165) is 10.9 Å². The van der Waals surface area contributed by atoms with Crippen LogP contribution in [0.3, 0.4) is 0 Å². The van der Waals surface area contributed by atoms with Gasteiger partial charge in [0, 0.05) is 26.7 Å². The van der Waals surface area contributed by atoms with E-state index in [2.05, 4.69) is 15.9 Å².